The number of anilines is 5. The van der Waals surface area contributed by atoms with Crippen molar-refractivity contribution in [2.45, 2.75) is 122 Å². The van der Waals surface area contributed by atoms with Gasteiger partial charge in [0.05, 0.1) is 5.69 Å². The van der Waals surface area contributed by atoms with E-state index in [2.05, 4.69) is 207 Å². The average Bonchev–Trinajstić information content (AvgIpc) is 3.25. The van der Waals surface area contributed by atoms with Crippen molar-refractivity contribution in [3.8, 4) is 22.3 Å². The monoisotopic (exact) mass is 808 g/mol. The summed E-state index contributed by atoms with van der Waals surface area (Å²) in [7, 11) is 0.876. The molecular weight excluding hydrogens is 747 g/mol. The Labute approximate surface area is 371 Å². The van der Waals surface area contributed by atoms with E-state index in [1.54, 1.807) is 0 Å². The van der Waals surface area contributed by atoms with Crippen molar-refractivity contribution in [3.63, 3.8) is 0 Å². The molecule has 310 valence electrons. The molecule has 0 bridgehead atoms. The molecule has 1 N–H and O–H groups in total. The van der Waals surface area contributed by atoms with E-state index in [4.69, 9.17) is 0 Å². The first-order valence-electron chi connectivity index (χ1n) is 23.2. The number of para-hydroxylation sites is 1. The molecule has 0 spiro atoms. The molecule has 7 aromatic rings. The largest absolute Gasteiger partial charge is 0.355 e. The van der Waals surface area contributed by atoms with Crippen molar-refractivity contribution in [1.82, 2.24) is 0 Å². The predicted molar refractivity (Wildman–Crippen MR) is 268 cm³/mol. The summed E-state index contributed by atoms with van der Waals surface area (Å²) in [5.74, 6) is 0. The third-order valence-electron chi connectivity index (χ3n) is 16.2. The second-order valence-corrected chi connectivity index (χ2v) is 22.4. The summed E-state index contributed by atoms with van der Waals surface area (Å²) in [4.78, 5) is 2.71. The van der Waals surface area contributed by atoms with E-state index in [0.29, 0.717) is 0 Å². The first kappa shape index (κ1) is 39.3. The number of benzene rings is 7. The van der Waals surface area contributed by atoms with Crippen molar-refractivity contribution in [2.24, 2.45) is 0 Å². The van der Waals surface area contributed by atoms with Gasteiger partial charge in [-0.1, -0.05) is 166 Å². The maximum Gasteiger partial charge on any atom is 0.198 e. The lowest BCUT2D eigenvalue weighted by Crippen LogP contribution is -2.46. The molecule has 0 fully saturated rings. The quantitative estimate of drug-likeness (QED) is 0.178. The molecule has 4 aliphatic rings. The van der Waals surface area contributed by atoms with Crippen LogP contribution in [0.15, 0.2) is 127 Å². The lowest BCUT2D eigenvalue weighted by atomic mass is 9.54. The van der Waals surface area contributed by atoms with Crippen LogP contribution < -0.4 is 21.1 Å². The molecule has 0 unspecified atom stereocenters. The van der Waals surface area contributed by atoms with Gasteiger partial charge in [0, 0.05) is 33.7 Å². The van der Waals surface area contributed by atoms with Crippen LogP contribution in [0.2, 0.25) is 0 Å². The van der Waals surface area contributed by atoms with Gasteiger partial charge < -0.3 is 10.2 Å². The van der Waals surface area contributed by atoms with E-state index in [1.165, 1.54) is 126 Å². The molecule has 2 heterocycles. The normalized spacial score (nSPS) is 19.0. The van der Waals surface area contributed by atoms with Crippen LogP contribution in [0.4, 0.5) is 28.4 Å². The summed E-state index contributed by atoms with van der Waals surface area (Å²) in [6.45, 7) is 24.6. The minimum absolute atomic E-state index is 0.0542. The lowest BCUT2D eigenvalue weighted by Gasteiger charge is -2.49. The summed E-state index contributed by atoms with van der Waals surface area (Å²) in [5.41, 5.74) is 23.3. The number of rotatable bonds is 4. The third-order valence-corrected chi connectivity index (χ3v) is 16.2. The zero-order valence-electron chi connectivity index (χ0n) is 38.6. The minimum Gasteiger partial charge on any atom is -0.355 e. The Morgan fingerprint density at radius 1 is 0.484 bits per heavy atom. The van der Waals surface area contributed by atoms with E-state index >= 15 is 0 Å². The Morgan fingerprint density at radius 3 is 1.74 bits per heavy atom. The first-order chi connectivity index (χ1) is 29.4. The van der Waals surface area contributed by atoms with Crippen LogP contribution in [0.1, 0.15) is 128 Å². The van der Waals surface area contributed by atoms with Crippen LogP contribution in [0.5, 0.6) is 0 Å². The molecule has 0 saturated heterocycles. The van der Waals surface area contributed by atoms with E-state index in [1.807, 2.05) is 0 Å². The van der Waals surface area contributed by atoms with Gasteiger partial charge in [-0.05, 0) is 150 Å². The van der Waals surface area contributed by atoms with E-state index < -0.39 is 0 Å². The van der Waals surface area contributed by atoms with Crippen molar-refractivity contribution in [1.29, 1.82) is 0 Å². The van der Waals surface area contributed by atoms with Gasteiger partial charge in [0.2, 0.25) is 0 Å². The Balaban J connectivity index is 1.19. The molecule has 62 heavy (non-hydrogen) atoms. The molecule has 2 nitrogen and oxygen atoms in total. The van der Waals surface area contributed by atoms with Crippen molar-refractivity contribution < 1.29 is 0 Å². The van der Waals surface area contributed by atoms with Crippen LogP contribution >= 0.6 is 0 Å². The maximum atomic E-state index is 4.06. The number of hydrogen-bond donors (Lipinski definition) is 1. The Hall–Kier alpha value is -5.54. The van der Waals surface area contributed by atoms with Crippen LogP contribution in [0.3, 0.4) is 0 Å². The molecule has 2 aliphatic heterocycles. The fraction of sp³-hybridized carbons (Fsp3) is 0.322. The number of nitrogens with one attached hydrogen (secondary N) is 1. The average molecular weight is 809 g/mol. The predicted octanol–water partition coefficient (Wildman–Crippen LogP) is 14.4. The van der Waals surface area contributed by atoms with Gasteiger partial charge in [-0.15, -0.1) is 0 Å². The summed E-state index contributed by atoms with van der Waals surface area (Å²) in [6, 6.07) is 49.0. The highest BCUT2D eigenvalue weighted by Gasteiger charge is 2.46. The van der Waals surface area contributed by atoms with E-state index in [0.717, 1.165) is 13.0 Å². The minimum atomic E-state index is -0.148. The molecule has 2 aliphatic carbocycles. The highest BCUT2D eigenvalue weighted by atomic mass is 15.2. The van der Waals surface area contributed by atoms with Gasteiger partial charge in [0.25, 0.3) is 0 Å². The highest BCUT2D eigenvalue weighted by Crippen LogP contribution is 2.57. The maximum absolute atomic E-state index is 4.06. The first-order valence-corrected chi connectivity index (χ1v) is 23.2. The van der Waals surface area contributed by atoms with Crippen molar-refractivity contribution >= 4 is 57.4 Å². The molecule has 0 amide bonds. The molecular formula is C59H61BN2. The second-order valence-electron chi connectivity index (χ2n) is 22.4. The molecule has 0 atom stereocenters. The Morgan fingerprint density at radius 2 is 1.06 bits per heavy atom. The van der Waals surface area contributed by atoms with Gasteiger partial charge in [0.15, 0.2) is 7.28 Å². The number of nitrogens with zero attached hydrogens (tertiary/aromatic N) is 1. The molecule has 11 rings (SSSR count). The van der Waals surface area contributed by atoms with Crippen molar-refractivity contribution in [3.05, 3.63) is 161 Å². The van der Waals surface area contributed by atoms with E-state index in [9.17, 15) is 0 Å². The molecule has 0 radical (unpaired) electrons. The zero-order chi connectivity index (χ0) is 43.1. The van der Waals surface area contributed by atoms with Gasteiger partial charge in [-0.25, -0.2) is 0 Å². The van der Waals surface area contributed by atoms with Gasteiger partial charge in [0.1, 0.15) is 0 Å². The van der Waals surface area contributed by atoms with E-state index in [-0.39, 0.29) is 27.1 Å². The van der Waals surface area contributed by atoms with Crippen molar-refractivity contribution in [2.75, 3.05) is 10.2 Å². The Bertz CT molecular complexity index is 2980. The fourth-order valence-corrected chi connectivity index (χ4v) is 12.0. The molecule has 7 aromatic carbocycles. The SMILES string of the molecule is CC1(C)CCC(C)(C)c2cc(-c3c4c(cc5ccccc35)N3c5cc6c(cc5C(C)(C)c5cccc(c53)B4)C(C)(C)CCC6(C)C)c(Nc3ccc(-c4ccccc4)cc3)cc21. The lowest BCUT2D eigenvalue weighted by molar-refractivity contribution is 0.331. The Kier molecular flexibility index (Phi) is 8.40. The highest BCUT2D eigenvalue weighted by molar-refractivity contribution is 6.74. The van der Waals surface area contributed by atoms with Crippen LogP contribution in [0, 0.1) is 0 Å². The molecule has 0 aromatic heterocycles. The summed E-state index contributed by atoms with van der Waals surface area (Å²) >= 11 is 0. The molecule has 0 saturated carbocycles. The van der Waals surface area contributed by atoms with Gasteiger partial charge in [-0.3, -0.25) is 0 Å². The third kappa shape index (κ3) is 5.83. The number of fused-ring (bicyclic) bond motifs is 7. The summed E-state index contributed by atoms with van der Waals surface area (Å²) < 4.78 is 0. The van der Waals surface area contributed by atoms with Gasteiger partial charge >= 0.3 is 0 Å². The van der Waals surface area contributed by atoms with Crippen LogP contribution in [-0.4, -0.2) is 7.28 Å². The zero-order valence-corrected chi connectivity index (χ0v) is 38.6. The number of hydrogen-bond acceptors (Lipinski definition) is 2. The summed E-state index contributed by atoms with van der Waals surface area (Å²) in [5, 5.41) is 6.66. The van der Waals surface area contributed by atoms with Crippen LogP contribution in [0.25, 0.3) is 33.0 Å². The fourth-order valence-electron chi connectivity index (χ4n) is 12.0. The second kappa shape index (κ2) is 13.2. The molecule has 3 heteroatoms. The topological polar surface area (TPSA) is 15.3 Å². The van der Waals surface area contributed by atoms with Crippen LogP contribution in [-0.2, 0) is 27.1 Å². The summed E-state index contributed by atoms with van der Waals surface area (Å²) in [6.07, 6.45) is 4.74. The van der Waals surface area contributed by atoms with Gasteiger partial charge in [-0.2, -0.15) is 0 Å². The smallest absolute Gasteiger partial charge is 0.198 e. The standard InChI is InChI=1S/C59H61BN2/c1-55(2)27-29-57(5,6)45-34-49(61-39-25-23-37(24-26-39)36-17-12-11-13-18-36)41(32-43(45)55)52-40-20-15-14-19-38(40)31-51-53(52)60-48-22-16-21-42-54(48)62(51)50-35-46-44(33-47(50)59(42,9)10)56(3,4)28-30-58(46,7)8/h11-26,31-35,60-61H,27-30H2,1-10H3.